The molecule has 4 rings (SSSR count). The molecule has 1 atom stereocenters. The SMILES string of the molecule is CC(C)NC(=O)C(Cc1ccccc1)N(Cc1ccccc1)C(=O)CCN1C(=O)c2ccccc2S1(=O)=O. The van der Waals surface area contributed by atoms with Crippen LogP contribution in [0.3, 0.4) is 0 Å². The van der Waals surface area contributed by atoms with Crippen LogP contribution in [0.2, 0.25) is 0 Å². The minimum Gasteiger partial charge on any atom is -0.352 e. The number of carbonyl (C=O) groups is 3. The van der Waals surface area contributed by atoms with E-state index in [1.807, 2.05) is 74.5 Å². The van der Waals surface area contributed by atoms with Crippen molar-refractivity contribution in [1.82, 2.24) is 14.5 Å². The Labute approximate surface area is 223 Å². The number of nitrogens with zero attached hydrogens (tertiary/aromatic N) is 2. The fourth-order valence-electron chi connectivity index (χ4n) is 4.51. The highest BCUT2D eigenvalue weighted by atomic mass is 32.2. The maximum Gasteiger partial charge on any atom is 0.269 e. The lowest BCUT2D eigenvalue weighted by atomic mass is 10.0. The summed E-state index contributed by atoms with van der Waals surface area (Å²) >= 11 is 0. The molecule has 0 spiro atoms. The van der Waals surface area contributed by atoms with Gasteiger partial charge in [0.2, 0.25) is 11.8 Å². The van der Waals surface area contributed by atoms with Gasteiger partial charge in [-0.2, -0.15) is 0 Å². The first-order valence-electron chi connectivity index (χ1n) is 12.5. The first-order valence-corrected chi connectivity index (χ1v) is 14.0. The number of hydrogen-bond donors (Lipinski definition) is 1. The second kappa shape index (κ2) is 11.6. The van der Waals surface area contributed by atoms with E-state index in [2.05, 4.69) is 5.32 Å². The van der Waals surface area contributed by atoms with E-state index in [0.29, 0.717) is 0 Å². The second-order valence-electron chi connectivity index (χ2n) is 9.50. The van der Waals surface area contributed by atoms with Gasteiger partial charge < -0.3 is 10.2 Å². The lowest BCUT2D eigenvalue weighted by Crippen LogP contribution is -2.52. The molecule has 1 unspecified atom stereocenters. The minimum atomic E-state index is -4.04. The zero-order valence-electron chi connectivity index (χ0n) is 21.4. The van der Waals surface area contributed by atoms with Gasteiger partial charge in [0.1, 0.15) is 10.9 Å². The summed E-state index contributed by atoms with van der Waals surface area (Å²) < 4.78 is 26.7. The number of sulfonamides is 1. The van der Waals surface area contributed by atoms with Crippen molar-refractivity contribution in [2.45, 2.75) is 50.2 Å². The summed E-state index contributed by atoms with van der Waals surface area (Å²) in [6.07, 6.45) is 0.0242. The fourth-order valence-corrected chi connectivity index (χ4v) is 6.08. The van der Waals surface area contributed by atoms with E-state index in [4.69, 9.17) is 0 Å². The topological polar surface area (TPSA) is 104 Å². The average Bonchev–Trinajstić information content (AvgIpc) is 3.10. The highest BCUT2D eigenvalue weighted by Crippen LogP contribution is 2.30. The van der Waals surface area contributed by atoms with Crippen LogP contribution in [0.4, 0.5) is 0 Å². The van der Waals surface area contributed by atoms with E-state index in [0.717, 1.165) is 15.4 Å². The Morgan fingerprint density at radius 2 is 1.45 bits per heavy atom. The zero-order chi connectivity index (χ0) is 27.3. The molecule has 3 aromatic carbocycles. The maximum absolute atomic E-state index is 13.7. The maximum atomic E-state index is 13.7. The fraction of sp³-hybridized carbons (Fsp3) is 0.276. The Kier molecular flexibility index (Phi) is 8.26. The molecular formula is C29H31N3O5S. The molecule has 1 N–H and O–H groups in total. The Morgan fingerprint density at radius 3 is 2.05 bits per heavy atom. The lowest BCUT2D eigenvalue weighted by molar-refractivity contribution is -0.141. The summed E-state index contributed by atoms with van der Waals surface area (Å²) in [5, 5.41) is 2.92. The predicted octanol–water partition coefficient (Wildman–Crippen LogP) is 3.39. The molecule has 0 radical (unpaired) electrons. The smallest absolute Gasteiger partial charge is 0.269 e. The van der Waals surface area contributed by atoms with Crippen molar-refractivity contribution in [3.63, 3.8) is 0 Å². The summed E-state index contributed by atoms with van der Waals surface area (Å²) in [7, 11) is -4.04. The molecule has 0 fully saturated rings. The van der Waals surface area contributed by atoms with E-state index >= 15 is 0 Å². The van der Waals surface area contributed by atoms with Crippen molar-refractivity contribution < 1.29 is 22.8 Å². The Morgan fingerprint density at radius 1 is 0.868 bits per heavy atom. The number of benzene rings is 3. The highest BCUT2D eigenvalue weighted by molar-refractivity contribution is 7.90. The number of carbonyl (C=O) groups excluding carboxylic acids is 3. The Balaban J connectivity index is 1.62. The van der Waals surface area contributed by atoms with Crippen LogP contribution in [0.15, 0.2) is 89.8 Å². The second-order valence-corrected chi connectivity index (χ2v) is 11.3. The number of nitrogens with one attached hydrogen (secondary N) is 1. The van der Waals surface area contributed by atoms with Crippen LogP contribution in [-0.2, 0) is 32.6 Å². The van der Waals surface area contributed by atoms with Crippen molar-refractivity contribution in [1.29, 1.82) is 0 Å². The van der Waals surface area contributed by atoms with Gasteiger partial charge in [0.05, 0.1) is 5.56 Å². The molecule has 3 aromatic rings. The van der Waals surface area contributed by atoms with Gasteiger partial charge in [-0.15, -0.1) is 0 Å². The normalized spacial score (nSPS) is 14.7. The van der Waals surface area contributed by atoms with Gasteiger partial charge in [-0.3, -0.25) is 14.4 Å². The molecule has 1 heterocycles. The summed E-state index contributed by atoms with van der Waals surface area (Å²) in [4.78, 5) is 41.4. The molecule has 1 aliphatic rings. The van der Waals surface area contributed by atoms with Gasteiger partial charge in [-0.25, -0.2) is 12.7 Å². The first kappa shape index (κ1) is 27.1. The van der Waals surface area contributed by atoms with Crippen LogP contribution in [0, 0.1) is 0 Å². The summed E-state index contributed by atoms with van der Waals surface area (Å²) in [6, 6.07) is 23.8. The van der Waals surface area contributed by atoms with Gasteiger partial charge in [0.15, 0.2) is 0 Å². The third kappa shape index (κ3) is 5.94. The van der Waals surface area contributed by atoms with Gasteiger partial charge in [0.25, 0.3) is 15.9 Å². The minimum absolute atomic E-state index is 0.0585. The Bertz CT molecular complexity index is 1410. The monoisotopic (exact) mass is 533 g/mol. The highest BCUT2D eigenvalue weighted by Gasteiger charge is 2.41. The largest absolute Gasteiger partial charge is 0.352 e. The quantitative estimate of drug-likeness (QED) is 0.430. The van der Waals surface area contributed by atoms with E-state index < -0.39 is 27.9 Å². The van der Waals surface area contributed by atoms with Crippen LogP contribution in [0.25, 0.3) is 0 Å². The summed E-state index contributed by atoms with van der Waals surface area (Å²) in [6.45, 7) is 3.54. The third-order valence-corrected chi connectivity index (χ3v) is 8.18. The van der Waals surface area contributed by atoms with Crippen LogP contribution in [0.1, 0.15) is 41.8 Å². The molecule has 9 heteroatoms. The van der Waals surface area contributed by atoms with Crippen molar-refractivity contribution in [2.24, 2.45) is 0 Å². The molecule has 0 saturated heterocycles. The molecule has 198 valence electrons. The summed E-state index contributed by atoms with van der Waals surface area (Å²) in [5.74, 6) is -1.38. The van der Waals surface area contributed by atoms with E-state index in [-0.39, 0.29) is 48.3 Å². The van der Waals surface area contributed by atoms with E-state index in [1.54, 1.807) is 12.1 Å². The Hall–Kier alpha value is -3.98. The molecule has 8 nitrogen and oxygen atoms in total. The standard InChI is InChI=1S/C29H31N3O5S/c1-21(2)30-28(34)25(19-22-11-5-3-6-12-22)31(20-23-13-7-4-8-14-23)27(33)17-18-32-29(35)24-15-9-10-16-26(24)38(32,36)37/h3-16,21,25H,17-20H2,1-2H3,(H,30,34). The van der Waals surface area contributed by atoms with Crippen molar-refractivity contribution in [2.75, 3.05) is 6.54 Å². The number of rotatable bonds is 10. The van der Waals surface area contributed by atoms with Crippen molar-refractivity contribution >= 4 is 27.7 Å². The first-order chi connectivity index (χ1) is 18.2. The molecule has 0 aliphatic carbocycles. The molecule has 0 aromatic heterocycles. The molecule has 38 heavy (non-hydrogen) atoms. The van der Waals surface area contributed by atoms with Crippen LogP contribution < -0.4 is 5.32 Å². The predicted molar refractivity (Wildman–Crippen MR) is 143 cm³/mol. The number of fused-ring (bicyclic) bond motifs is 1. The van der Waals surface area contributed by atoms with Gasteiger partial charge in [-0.1, -0.05) is 72.8 Å². The molecule has 0 bridgehead atoms. The van der Waals surface area contributed by atoms with Crippen LogP contribution in [0.5, 0.6) is 0 Å². The van der Waals surface area contributed by atoms with Gasteiger partial charge >= 0.3 is 0 Å². The lowest BCUT2D eigenvalue weighted by Gasteiger charge is -2.32. The zero-order valence-corrected chi connectivity index (χ0v) is 22.2. The third-order valence-electron chi connectivity index (χ3n) is 6.34. The van der Waals surface area contributed by atoms with Gasteiger partial charge in [-0.05, 0) is 37.1 Å². The molecule has 0 saturated carbocycles. The van der Waals surface area contributed by atoms with Gasteiger partial charge in [0, 0.05) is 32.0 Å². The average molecular weight is 534 g/mol. The van der Waals surface area contributed by atoms with Crippen molar-refractivity contribution in [3.8, 4) is 0 Å². The molecule has 3 amide bonds. The summed E-state index contributed by atoms with van der Waals surface area (Å²) in [5.41, 5.74) is 1.81. The van der Waals surface area contributed by atoms with E-state index in [1.165, 1.54) is 17.0 Å². The van der Waals surface area contributed by atoms with Crippen molar-refractivity contribution in [3.05, 3.63) is 102 Å². The number of hydrogen-bond acceptors (Lipinski definition) is 5. The molecule has 1 aliphatic heterocycles. The van der Waals surface area contributed by atoms with E-state index in [9.17, 15) is 22.8 Å². The molecular weight excluding hydrogens is 502 g/mol. The number of amides is 3. The van der Waals surface area contributed by atoms with Crippen LogP contribution in [-0.4, -0.2) is 54.0 Å². The van der Waals surface area contributed by atoms with Crippen LogP contribution >= 0.6 is 0 Å².